The fourth-order valence-corrected chi connectivity index (χ4v) is 2.28. The van der Waals surface area contributed by atoms with Crippen molar-refractivity contribution < 1.29 is 9.52 Å². The number of aryl methyl sites for hydroxylation is 2. The molecule has 3 nitrogen and oxygen atoms in total. The van der Waals surface area contributed by atoms with Crippen LogP contribution in [-0.4, -0.2) is 5.11 Å². The topological polar surface area (TPSA) is 50.4 Å². The van der Waals surface area contributed by atoms with Crippen LogP contribution in [0.5, 0.6) is 5.75 Å². The highest BCUT2D eigenvalue weighted by Crippen LogP contribution is 2.33. The molecule has 1 aromatic heterocycles. The van der Waals surface area contributed by atoms with E-state index in [9.17, 15) is 9.90 Å². The minimum absolute atomic E-state index is 0.160. The van der Waals surface area contributed by atoms with Gasteiger partial charge in [0.25, 0.3) is 0 Å². The van der Waals surface area contributed by atoms with Crippen LogP contribution in [0.1, 0.15) is 16.7 Å². The molecule has 0 bridgehead atoms. The van der Waals surface area contributed by atoms with Crippen LogP contribution in [-0.2, 0) is 6.42 Å². The van der Waals surface area contributed by atoms with Gasteiger partial charge >= 0.3 is 5.63 Å². The molecule has 0 saturated carbocycles. The molecule has 0 saturated heterocycles. The summed E-state index contributed by atoms with van der Waals surface area (Å²) in [7, 11) is 0. The third-order valence-corrected chi connectivity index (χ3v) is 3.95. The minimum Gasteiger partial charge on any atom is -0.507 e. The lowest BCUT2D eigenvalue weighted by Crippen LogP contribution is -2.03. The molecule has 2 aromatic rings. The van der Waals surface area contributed by atoms with Gasteiger partial charge in [0.2, 0.25) is 0 Å². The van der Waals surface area contributed by atoms with Gasteiger partial charge in [-0.15, -0.1) is 6.58 Å². The molecule has 94 valence electrons. The monoisotopic (exact) mass is 308 g/mol. The molecule has 1 N–H and O–H groups in total. The van der Waals surface area contributed by atoms with Crippen molar-refractivity contribution in [2.24, 2.45) is 0 Å². The molecule has 1 aromatic carbocycles. The second-order valence-corrected chi connectivity index (χ2v) is 5.00. The third-order valence-electron chi connectivity index (χ3n) is 3.03. The third kappa shape index (κ3) is 1.86. The van der Waals surface area contributed by atoms with E-state index in [4.69, 9.17) is 4.42 Å². The lowest BCUT2D eigenvalue weighted by molar-refractivity contribution is 0.462. The summed E-state index contributed by atoms with van der Waals surface area (Å²) in [5.74, 6) is 0.160. The second kappa shape index (κ2) is 4.61. The fourth-order valence-electron chi connectivity index (χ4n) is 1.99. The largest absolute Gasteiger partial charge is 0.507 e. The van der Waals surface area contributed by atoms with E-state index >= 15 is 0 Å². The van der Waals surface area contributed by atoms with E-state index in [0.717, 1.165) is 16.5 Å². The molecule has 0 radical (unpaired) electrons. The summed E-state index contributed by atoms with van der Waals surface area (Å²) >= 11 is 3.22. The Morgan fingerprint density at radius 1 is 1.44 bits per heavy atom. The first-order chi connectivity index (χ1) is 8.47. The van der Waals surface area contributed by atoms with Gasteiger partial charge in [0.15, 0.2) is 0 Å². The van der Waals surface area contributed by atoms with Gasteiger partial charge in [-0.25, -0.2) is 4.79 Å². The molecular formula is C14H13BrO3. The van der Waals surface area contributed by atoms with Crippen LogP contribution >= 0.6 is 15.9 Å². The lowest BCUT2D eigenvalue weighted by atomic mass is 10.0. The number of allylic oxidation sites excluding steroid dienone is 1. The van der Waals surface area contributed by atoms with E-state index in [1.807, 2.05) is 13.0 Å². The smallest absolute Gasteiger partial charge is 0.350 e. The molecule has 0 atom stereocenters. The van der Waals surface area contributed by atoms with Gasteiger partial charge in [-0.2, -0.15) is 0 Å². The normalized spacial score (nSPS) is 10.8. The highest BCUT2D eigenvalue weighted by Gasteiger charge is 2.15. The zero-order valence-corrected chi connectivity index (χ0v) is 11.8. The van der Waals surface area contributed by atoms with Crippen molar-refractivity contribution in [3.05, 3.63) is 50.3 Å². The Kier molecular flexibility index (Phi) is 3.30. The summed E-state index contributed by atoms with van der Waals surface area (Å²) < 4.78 is 5.65. The highest BCUT2D eigenvalue weighted by molar-refractivity contribution is 9.10. The average molecular weight is 309 g/mol. The van der Waals surface area contributed by atoms with Gasteiger partial charge in [-0.1, -0.05) is 6.08 Å². The quantitative estimate of drug-likeness (QED) is 0.681. The fraction of sp³-hybridized carbons (Fsp3) is 0.214. The van der Waals surface area contributed by atoms with Gasteiger partial charge in [-0.3, -0.25) is 0 Å². The Balaban J connectivity index is 2.95. The van der Waals surface area contributed by atoms with Crippen molar-refractivity contribution in [2.45, 2.75) is 20.3 Å². The SMILES string of the molecule is C=CCc1cc2c(C)c(Br)c(=O)oc2c(C)c1O. The van der Waals surface area contributed by atoms with Crippen LogP contribution < -0.4 is 5.63 Å². The number of rotatable bonds is 2. The zero-order chi connectivity index (χ0) is 13.4. The van der Waals surface area contributed by atoms with E-state index in [-0.39, 0.29) is 5.75 Å². The van der Waals surface area contributed by atoms with Gasteiger partial charge in [0.05, 0.1) is 0 Å². The molecular weight excluding hydrogens is 296 g/mol. The predicted octanol–water partition coefficient (Wildman–Crippen LogP) is 3.61. The average Bonchev–Trinajstić information content (AvgIpc) is 2.35. The standard InChI is InChI=1S/C14H13BrO3/c1-4-5-9-6-10-7(2)11(15)14(17)18-13(10)8(3)12(9)16/h4,6,16H,1,5H2,2-3H3. The maximum atomic E-state index is 11.6. The zero-order valence-electron chi connectivity index (χ0n) is 10.2. The van der Waals surface area contributed by atoms with Crippen LogP contribution in [0.15, 0.2) is 32.4 Å². The number of hydrogen-bond acceptors (Lipinski definition) is 3. The summed E-state index contributed by atoms with van der Waals surface area (Å²) in [5.41, 5.74) is 2.18. The van der Waals surface area contributed by atoms with Crippen molar-refractivity contribution in [1.29, 1.82) is 0 Å². The first-order valence-electron chi connectivity index (χ1n) is 5.52. The molecule has 18 heavy (non-hydrogen) atoms. The number of phenols is 1. The summed E-state index contributed by atoms with van der Waals surface area (Å²) in [4.78, 5) is 11.6. The Bertz CT molecular complexity index is 698. The number of hydrogen-bond donors (Lipinski definition) is 1. The lowest BCUT2D eigenvalue weighted by Gasteiger charge is -2.11. The van der Waals surface area contributed by atoms with E-state index in [1.54, 1.807) is 13.0 Å². The Morgan fingerprint density at radius 3 is 2.72 bits per heavy atom. The van der Waals surface area contributed by atoms with E-state index in [0.29, 0.717) is 22.0 Å². The maximum absolute atomic E-state index is 11.6. The Morgan fingerprint density at radius 2 is 2.11 bits per heavy atom. The van der Waals surface area contributed by atoms with Crippen molar-refractivity contribution >= 4 is 26.9 Å². The first kappa shape index (κ1) is 12.9. The number of benzene rings is 1. The molecule has 1 heterocycles. The van der Waals surface area contributed by atoms with Crippen molar-refractivity contribution in [3.8, 4) is 5.75 Å². The van der Waals surface area contributed by atoms with Crippen LogP contribution in [0.2, 0.25) is 0 Å². The first-order valence-corrected chi connectivity index (χ1v) is 6.32. The summed E-state index contributed by atoms with van der Waals surface area (Å²) in [5, 5.41) is 10.9. The number of fused-ring (bicyclic) bond motifs is 1. The van der Waals surface area contributed by atoms with Crippen LogP contribution in [0.4, 0.5) is 0 Å². The maximum Gasteiger partial charge on any atom is 0.350 e. The molecule has 0 amide bonds. The molecule has 0 spiro atoms. The number of halogens is 1. The summed E-state index contributed by atoms with van der Waals surface area (Å²) in [6.45, 7) is 7.25. The van der Waals surface area contributed by atoms with Gasteiger partial charge in [0, 0.05) is 10.9 Å². The Hall–Kier alpha value is -1.55. The summed E-state index contributed by atoms with van der Waals surface area (Å²) in [6, 6.07) is 1.84. The highest BCUT2D eigenvalue weighted by atomic mass is 79.9. The molecule has 0 unspecified atom stereocenters. The van der Waals surface area contributed by atoms with Gasteiger partial charge in [-0.05, 0) is 53.4 Å². The van der Waals surface area contributed by atoms with E-state index < -0.39 is 5.63 Å². The molecule has 0 fully saturated rings. The molecule has 0 aliphatic carbocycles. The Labute approximate surface area is 113 Å². The number of phenolic OH excluding ortho intramolecular Hbond substituents is 1. The second-order valence-electron chi connectivity index (χ2n) is 4.21. The summed E-state index contributed by atoms with van der Waals surface area (Å²) in [6.07, 6.45) is 2.29. The predicted molar refractivity (Wildman–Crippen MR) is 75.2 cm³/mol. The van der Waals surface area contributed by atoms with Crippen molar-refractivity contribution in [2.75, 3.05) is 0 Å². The van der Waals surface area contributed by atoms with Crippen molar-refractivity contribution in [3.63, 3.8) is 0 Å². The van der Waals surface area contributed by atoms with E-state index in [1.165, 1.54) is 0 Å². The van der Waals surface area contributed by atoms with Crippen LogP contribution in [0, 0.1) is 13.8 Å². The van der Waals surface area contributed by atoms with Crippen LogP contribution in [0.25, 0.3) is 11.0 Å². The molecule has 0 aliphatic heterocycles. The van der Waals surface area contributed by atoms with E-state index in [2.05, 4.69) is 22.5 Å². The van der Waals surface area contributed by atoms with Gasteiger partial charge < -0.3 is 9.52 Å². The minimum atomic E-state index is -0.432. The molecule has 0 aliphatic rings. The van der Waals surface area contributed by atoms with Crippen LogP contribution in [0.3, 0.4) is 0 Å². The van der Waals surface area contributed by atoms with Crippen molar-refractivity contribution in [1.82, 2.24) is 0 Å². The number of aromatic hydroxyl groups is 1. The van der Waals surface area contributed by atoms with Gasteiger partial charge in [0.1, 0.15) is 15.8 Å². The molecule has 2 rings (SSSR count). The molecule has 4 heteroatoms.